The van der Waals surface area contributed by atoms with Crippen LogP contribution in [0.1, 0.15) is 44.2 Å². The van der Waals surface area contributed by atoms with E-state index in [1.165, 1.54) is 37.8 Å². The maximum absolute atomic E-state index is 6.08. The van der Waals surface area contributed by atoms with Crippen molar-refractivity contribution in [3.05, 3.63) is 29.8 Å². The van der Waals surface area contributed by atoms with Gasteiger partial charge < -0.3 is 10.1 Å². The largest absolute Gasteiger partial charge is 0.492 e. The molecule has 2 aliphatic heterocycles. The van der Waals surface area contributed by atoms with Gasteiger partial charge in [-0.25, -0.2) is 0 Å². The van der Waals surface area contributed by atoms with Crippen molar-refractivity contribution in [1.82, 2.24) is 10.2 Å². The Balaban J connectivity index is 1.61. The van der Waals surface area contributed by atoms with Gasteiger partial charge in [-0.1, -0.05) is 25.1 Å². The monoisotopic (exact) mass is 286 g/mol. The van der Waals surface area contributed by atoms with Gasteiger partial charge in [-0.05, 0) is 44.2 Å². The van der Waals surface area contributed by atoms with E-state index in [2.05, 4.69) is 41.4 Å². The number of hydrogen-bond donors (Lipinski definition) is 1. The average Bonchev–Trinajstić information content (AvgIpc) is 3.15. The Kier molecular flexibility index (Phi) is 3.64. The van der Waals surface area contributed by atoms with Gasteiger partial charge in [0.05, 0.1) is 12.1 Å². The third-order valence-electron chi connectivity index (χ3n) is 5.54. The lowest BCUT2D eigenvalue weighted by molar-refractivity contribution is 0.0619. The molecular formula is C18H26N2O. The number of fused-ring (bicyclic) bond motifs is 3. The molecule has 4 unspecified atom stereocenters. The smallest absolute Gasteiger partial charge is 0.124 e. The Labute approximate surface area is 127 Å². The van der Waals surface area contributed by atoms with Crippen LogP contribution in [0.2, 0.25) is 0 Å². The first-order valence-corrected chi connectivity index (χ1v) is 8.57. The zero-order chi connectivity index (χ0) is 14.2. The minimum absolute atomic E-state index is 0.425. The average molecular weight is 286 g/mol. The number of ether oxygens (including phenoxy) is 1. The van der Waals surface area contributed by atoms with E-state index >= 15 is 0 Å². The third kappa shape index (κ3) is 2.36. The molecule has 2 fully saturated rings. The zero-order valence-corrected chi connectivity index (χ0v) is 12.9. The molecule has 114 valence electrons. The first-order valence-electron chi connectivity index (χ1n) is 8.57. The van der Waals surface area contributed by atoms with Gasteiger partial charge in [0.2, 0.25) is 0 Å². The van der Waals surface area contributed by atoms with Crippen LogP contribution >= 0.6 is 0 Å². The summed E-state index contributed by atoms with van der Waals surface area (Å²) in [6.45, 7) is 5.44. The Hall–Kier alpha value is -1.06. The summed E-state index contributed by atoms with van der Waals surface area (Å²) in [7, 11) is 0. The van der Waals surface area contributed by atoms with Crippen LogP contribution in [0.3, 0.4) is 0 Å². The Morgan fingerprint density at radius 1 is 1.29 bits per heavy atom. The first-order chi connectivity index (χ1) is 10.4. The number of benzene rings is 1. The lowest BCUT2D eigenvalue weighted by Crippen LogP contribution is -2.52. The second-order valence-electron chi connectivity index (χ2n) is 6.88. The molecule has 1 saturated carbocycles. The fourth-order valence-corrected chi connectivity index (χ4v) is 4.55. The maximum Gasteiger partial charge on any atom is 0.124 e. The highest BCUT2D eigenvalue weighted by molar-refractivity contribution is 5.39. The molecular weight excluding hydrogens is 260 g/mol. The molecule has 21 heavy (non-hydrogen) atoms. The van der Waals surface area contributed by atoms with Crippen molar-refractivity contribution in [3.63, 3.8) is 0 Å². The standard InChI is InChI=1S/C18H26N2O/c1-2-9-19-18-15-5-3-4-6-17(15)21-12-16(18)20-11-13-7-8-14(20)10-13/h3-6,13-14,16,18-19H,2,7-12H2,1H3. The van der Waals surface area contributed by atoms with Crippen molar-refractivity contribution in [1.29, 1.82) is 0 Å². The summed E-state index contributed by atoms with van der Waals surface area (Å²) in [5, 5.41) is 3.79. The fourth-order valence-electron chi connectivity index (χ4n) is 4.55. The zero-order valence-electron chi connectivity index (χ0n) is 12.9. The quantitative estimate of drug-likeness (QED) is 0.921. The molecule has 4 atom stereocenters. The van der Waals surface area contributed by atoms with Gasteiger partial charge in [0, 0.05) is 18.2 Å². The number of rotatable bonds is 4. The molecule has 1 saturated heterocycles. The van der Waals surface area contributed by atoms with E-state index in [0.717, 1.165) is 30.9 Å². The summed E-state index contributed by atoms with van der Waals surface area (Å²) in [6, 6.07) is 10.3. The number of nitrogens with zero attached hydrogens (tertiary/aromatic N) is 1. The van der Waals surface area contributed by atoms with Crippen LogP contribution in [0, 0.1) is 5.92 Å². The molecule has 3 heteroatoms. The molecule has 1 aliphatic carbocycles. The van der Waals surface area contributed by atoms with Crippen LogP contribution < -0.4 is 10.1 Å². The molecule has 0 amide bonds. The molecule has 1 aromatic carbocycles. The van der Waals surface area contributed by atoms with E-state index in [1.807, 2.05) is 0 Å². The molecule has 3 nitrogen and oxygen atoms in total. The van der Waals surface area contributed by atoms with Crippen molar-refractivity contribution in [2.45, 2.75) is 50.7 Å². The Morgan fingerprint density at radius 2 is 2.19 bits per heavy atom. The van der Waals surface area contributed by atoms with Gasteiger partial charge in [0.25, 0.3) is 0 Å². The highest BCUT2D eigenvalue weighted by atomic mass is 16.5. The molecule has 2 bridgehead atoms. The second-order valence-corrected chi connectivity index (χ2v) is 6.88. The lowest BCUT2D eigenvalue weighted by Gasteiger charge is -2.43. The molecule has 3 aliphatic rings. The van der Waals surface area contributed by atoms with Crippen LogP contribution in [0.5, 0.6) is 5.75 Å². The van der Waals surface area contributed by atoms with Gasteiger partial charge in [0.15, 0.2) is 0 Å². The molecule has 1 N–H and O–H groups in total. The minimum Gasteiger partial charge on any atom is -0.492 e. The van der Waals surface area contributed by atoms with E-state index in [9.17, 15) is 0 Å². The number of likely N-dealkylation sites (tertiary alicyclic amines) is 1. The third-order valence-corrected chi connectivity index (χ3v) is 5.54. The lowest BCUT2D eigenvalue weighted by atomic mass is 9.93. The van der Waals surface area contributed by atoms with E-state index in [1.54, 1.807) is 0 Å². The Bertz CT molecular complexity index is 504. The summed E-state index contributed by atoms with van der Waals surface area (Å²) < 4.78 is 6.08. The van der Waals surface area contributed by atoms with Crippen LogP contribution in [0.4, 0.5) is 0 Å². The molecule has 0 aromatic heterocycles. The number of para-hydroxylation sites is 1. The second kappa shape index (κ2) is 5.62. The van der Waals surface area contributed by atoms with Crippen molar-refractivity contribution in [3.8, 4) is 5.75 Å². The van der Waals surface area contributed by atoms with Gasteiger partial charge in [-0.3, -0.25) is 4.90 Å². The predicted octanol–water partition coefficient (Wildman–Crippen LogP) is 2.97. The highest BCUT2D eigenvalue weighted by Gasteiger charge is 2.45. The summed E-state index contributed by atoms with van der Waals surface area (Å²) >= 11 is 0. The van der Waals surface area contributed by atoms with Crippen molar-refractivity contribution >= 4 is 0 Å². The maximum atomic E-state index is 6.08. The van der Waals surface area contributed by atoms with Gasteiger partial charge in [0.1, 0.15) is 12.4 Å². The summed E-state index contributed by atoms with van der Waals surface area (Å²) in [6.07, 6.45) is 5.43. The van der Waals surface area contributed by atoms with E-state index in [0.29, 0.717) is 12.1 Å². The minimum atomic E-state index is 0.425. The van der Waals surface area contributed by atoms with Gasteiger partial charge in [-0.15, -0.1) is 0 Å². The predicted molar refractivity (Wildman–Crippen MR) is 84.6 cm³/mol. The highest BCUT2D eigenvalue weighted by Crippen LogP contribution is 2.43. The van der Waals surface area contributed by atoms with E-state index in [-0.39, 0.29) is 0 Å². The topological polar surface area (TPSA) is 24.5 Å². The van der Waals surface area contributed by atoms with Crippen molar-refractivity contribution < 1.29 is 4.74 Å². The van der Waals surface area contributed by atoms with Crippen LogP contribution in [-0.4, -0.2) is 36.7 Å². The summed E-state index contributed by atoms with van der Waals surface area (Å²) in [5.74, 6) is 2.02. The normalized spacial score (nSPS) is 34.7. The van der Waals surface area contributed by atoms with E-state index in [4.69, 9.17) is 4.74 Å². The summed E-state index contributed by atoms with van der Waals surface area (Å²) in [5.41, 5.74) is 1.35. The van der Waals surface area contributed by atoms with Crippen LogP contribution in [-0.2, 0) is 0 Å². The SMILES string of the molecule is CCCNC1c2ccccc2OCC1N1CC2CCC1C2. The molecule has 1 aromatic rings. The molecule has 0 spiro atoms. The Morgan fingerprint density at radius 3 is 2.95 bits per heavy atom. The molecule has 0 radical (unpaired) electrons. The van der Waals surface area contributed by atoms with Crippen LogP contribution in [0.15, 0.2) is 24.3 Å². The van der Waals surface area contributed by atoms with Gasteiger partial charge >= 0.3 is 0 Å². The number of piperidine rings is 1. The number of nitrogens with one attached hydrogen (secondary N) is 1. The molecule has 2 heterocycles. The number of hydrogen-bond acceptors (Lipinski definition) is 3. The molecule has 4 rings (SSSR count). The van der Waals surface area contributed by atoms with Crippen molar-refractivity contribution in [2.75, 3.05) is 19.7 Å². The summed E-state index contributed by atoms with van der Waals surface area (Å²) in [4.78, 5) is 2.75. The first kappa shape index (κ1) is 13.6. The van der Waals surface area contributed by atoms with E-state index < -0.39 is 0 Å². The fraction of sp³-hybridized carbons (Fsp3) is 0.667. The van der Waals surface area contributed by atoms with Gasteiger partial charge in [-0.2, -0.15) is 0 Å². The van der Waals surface area contributed by atoms with Crippen LogP contribution in [0.25, 0.3) is 0 Å². The van der Waals surface area contributed by atoms with Crippen molar-refractivity contribution in [2.24, 2.45) is 5.92 Å².